The molecule has 0 aliphatic heterocycles. The molecule has 0 aliphatic rings. The van der Waals surface area contributed by atoms with Gasteiger partial charge in [-0.15, -0.1) is 0 Å². The highest BCUT2D eigenvalue weighted by molar-refractivity contribution is 5.89. The first-order chi connectivity index (χ1) is 10.2. The van der Waals surface area contributed by atoms with Gasteiger partial charge in [0.15, 0.2) is 0 Å². The molecule has 1 atom stereocenters. The lowest BCUT2D eigenvalue weighted by molar-refractivity contribution is -0.137. The van der Waals surface area contributed by atoms with Crippen LogP contribution in [0.5, 0.6) is 0 Å². The van der Waals surface area contributed by atoms with Crippen molar-refractivity contribution in [2.24, 2.45) is 5.92 Å². The predicted molar refractivity (Wildman–Crippen MR) is 81.7 cm³/mol. The fourth-order valence-corrected chi connectivity index (χ4v) is 2.07. The van der Waals surface area contributed by atoms with E-state index in [0.29, 0.717) is 5.92 Å². The minimum absolute atomic E-state index is 0.0236. The first-order valence-electron chi connectivity index (χ1n) is 7.43. The number of carbonyl (C=O) groups is 1. The van der Waals surface area contributed by atoms with Crippen molar-refractivity contribution in [2.75, 3.05) is 5.32 Å². The quantitative estimate of drug-likeness (QED) is 0.758. The molecule has 0 fully saturated rings. The summed E-state index contributed by atoms with van der Waals surface area (Å²) in [5, 5.41) is 5.16. The zero-order chi connectivity index (χ0) is 16.8. The molecule has 0 bridgehead atoms. The summed E-state index contributed by atoms with van der Waals surface area (Å²) < 4.78 is 37.8. The van der Waals surface area contributed by atoms with Crippen molar-refractivity contribution in [3.05, 3.63) is 29.8 Å². The summed E-state index contributed by atoms with van der Waals surface area (Å²) in [6.07, 6.45) is -1.49. The van der Waals surface area contributed by atoms with E-state index >= 15 is 0 Å². The van der Waals surface area contributed by atoms with Crippen molar-refractivity contribution in [3.8, 4) is 0 Å². The SMILES string of the molecule is CC(C)CCC[C@@H](C)NC(=O)Nc1cccc(C(F)(F)F)c1. The number of hydrogen-bond acceptors (Lipinski definition) is 1. The van der Waals surface area contributed by atoms with Crippen LogP contribution < -0.4 is 10.6 Å². The van der Waals surface area contributed by atoms with Crippen molar-refractivity contribution in [2.45, 2.75) is 52.3 Å². The van der Waals surface area contributed by atoms with Crippen LogP contribution in [0.4, 0.5) is 23.7 Å². The number of alkyl halides is 3. The fourth-order valence-electron chi connectivity index (χ4n) is 2.07. The lowest BCUT2D eigenvalue weighted by Gasteiger charge is -2.16. The van der Waals surface area contributed by atoms with E-state index in [2.05, 4.69) is 24.5 Å². The van der Waals surface area contributed by atoms with Gasteiger partial charge in [0.25, 0.3) is 0 Å². The van der Waals surface area contributed by atoms with Gasteiger partial charge in [-0.25, -0.2) is 4.79 Å². The Morgan fingerprint density at radius 1 is 1.18 bits per heavy atom. The van der Waals surface area contributed by atoms with Crippen molar-refractivity contribution in [1.82, 2.24) is 5.32 Å². The molecular formula is C16H23F3N2O. The third-order valence-corrected chi connectivity index (χ3v) is 3.24. The molecule has 6 heteroatoms. The van der Waals surface area contributed by atoms with E-state index in [9.17, 15) is 18.0 Å². The molecule has 2 N–H and O–H groups in total. The van der Waals surface area contributed by atoms with Gasteiger partial charge in [0.05, 0.1) is 5.56 Å². The number of amides is 2. The molecule has 0 saturated carbocycles. The van der Waals surface area contributed by atoms with Crippen LogP contribution in [0.15, 0.2) is 24.3 Å². The number of rotatable bonds is 6. The van der Waals surface area contributed by atoms with Crippen LogP contribution in [-0.2, 0) is 6.18 Å². The van der Waals surface area contributed by atoms with E-state index in [1.165, 1.54) is 12.1 Å². The van der Waals surface area contributed by atoms with E-state index in [0.717, 1.165) is 31.4 Å². The highest BCUT2D eigenvalue weighted by atomic mass is 19.4. The average Bonchev–Trinajstić information content (AvgIpc) is 2.37. The second kappa shape index (κ2) is 8.06. The lowest BCUT2D eigenvalue weighted by Crippen LogP contribution is -2.36. The molecule has 0 heterocycles. The maximum absolute atomic E-state index is 12.6. The van der Waals surface area contributed by atoms with Crippen LogP contribution in [0.25, 0.3) is 0 Å². The first kappa shape index (κ1) is 18.3. The minimum atomic E-state index is -4.42. The average molecular weight is 316 g/mol. The van der Waals surface area contributed by atoms with Crippen LogP contribution in [-0.4, -0.2) is 12.1 Å². The lowest BCUT2D eigenvalue weighted by atomic mass is 10.0. The number of nitrogens with one attached hydrogen (secondary N) is 2. The topological polar surface area (TPSA) is 41.1 Å². The molecule has 22 heavy (non-hydrogen) atoms. The predicted octanol–water partition coefficient (Wildman–Crippen LogP) is 5.04. The molecule has 1 aromatic rings. The second-order valence-corrected chi connectivity index (χ2v) is 5.90. The van der Waals surface area contributed by atoms with E-state index in [1.54, 1.807) is 0 Å². The van der Waals surface area contributed by atoms with Crippen molar-refractivity contribution >= 4 is 11.7 Å². The maximum atomic E-state index is 12.6. The van der Waals surface area contributed by atoms with Gasteiger partial charge < -0.3 is 10.6 Å². The van der Waals surface area contributed by atoms with Gasteiger partial charge in [0, 0.05) is 11.7 Å². The summed E-state index contributed by atoms with van der Waals surface area (Å²) in [5.74, 6) is 0.617. The number of halogens is 3. The summed E-state index contributed by atoms with van der Waals surface area (Å²) in [7, 11) is 0. The summed E-state index contributed by atoms with van der Waals surface area (Å²) in [4.78, 5) is 11.8. The van der Waals surface area contributed by atoms with Crippen LogP contribution in [0.3, 0.4) is 0 Å². The Labute approximate surface area is 129 Å². The van der Waals surface area contributed by atoms with Gasteiger partial charge in [0.1, 0.15) is 0 Å². The molecule has 0 saturated heterocycles. The Kier molecular flexibility index (Phi) is 6.71. The maximum Gasteiger partial charge on any atom is 0.416 e. The summed E-state index contributed by atoms with van der Waals surface area (Å²) in [5.41, 5.74) is -0.656. The van der Waals surface area contributed by atoms with Crippen LogP contribution in [0.1, 0.15) is 45.6 Å². The normalized spacial score (nSPS) is 13.0. The molecule has 2 amide bonds. The van der Waals surface area contributed by atoms with Crippen molar-refractivity contribution in [3.63, 3.8) is 0 Å². The smallest absolute Gasteiger partial charge is 0.335 e. The Balaban J connectivity index is 2.48. The van der Waals surface area contributed by atoms with Gasteiger partial charge in [-0.3, -0.25) is 0 Å². The van der Waals surface area contributed by atoms with E-state index in [-0.39, 0.29) is 11.7 Å². The summed E-state index contributed by atoms with van der Waals surface area (Å²) >= 11 is 0. The van der Waals surface area contributed by atoms with Gasteiger partial charge in [-0.05, 0) is 37.5 Å². The Morgan fingerprint density at radius 3 is 2.45 bits per heavy atom. The van der Waals surface area contributed by atoms with E-state index < -0.39 is 17.8 Å². The van der Waals surface area contributed by atoms with E-state index in [1.807, 2.05) is 6.92 Å². The molecule has 124 valence electrons. The van der Waals surface area contributed by atoms with Crippen LogP contribution >= 0.6 is 0 Å². The number of urea groups is 1. The second-order valence-electron chi connectivity index (χ2n) is 5.90. The molecule has 1 aromatic carbocycles. The highest BCUT2D eigenvalue weighted by Gasteiger charge is 2.30. The third kappa shape index (κ3) is 6.83. The van der Waals surface area contributed by atoms with E-state index in [4.69, 9.17) is 0 Å². The fraction of sp³-hybridized carbons (Fsp3) is 0.562. The molecule has 3 nitrogen and oxygen atoms in total. The number of hydrogen-bond donors (Lipinski definition) is 2. The van der Waals surface area contributed by atoms with Crippen molar-refractivity contribution in [1.29, 1.82) is 0 Å². The number of benzene rings is 1. The number of anilines is 1. The minimum Gasteiger partial charge on any atom is -0.335 e. The molecule has 0 radical (unpaired) electrons. The Morgan fingerprint density at radius 2 is 1.86 bits per heavy atom. The monoisotopic (exact) mass is 316 g/mol. The van der Waals surface area contributed by atoms with Gasteiger partial charge >= 0.3 is 12.2 Å². The third-order valence-electron chi connectivity index (χ3n) is 3.24. The summed E-state index contributed by atoms with van der Waals surface area (Å²) in [6.45, 7) is 6.16. The van der Waals surface area contributed by atoms with Gasteiger partial charge in [-0.2, -0.15) is 13.2 Å². The highest BCUT2D eigenvalue weighted by Crippen LogP contribution is 2.30. The molecule has 0 unspecified atom stereocenters. The molecule has 0 aliphatic carbocycles. The van der Waals surface area contributed by atoms with Crippen molar-refractivity contribution < 1.29 is 18.0 Å². The Hall–Kier alpha value is -1.72. The molecule has 1 rings (SSSR count). The molecule has 0 aromatic heterocycles. The molecular weight excluding hydrogens is 293 g/mol. The van der Waals surface area contributed by atoms with Crippen LogP contribution in [0.2, 0.25) is 0 Å². The zero-order valence-electron chi connectivity index (χ0n) is 13.1. The van der Waals surface area contributed by atoms with Gasteiger partial charge in [-0.1, -0.05) is 32.8 Å². The number of carbonyl (C=O) groups excluding carboxylic acids is 1. The van der Waals surface area contributed by atoms with Gasteiger partial charge in [0.2, 0.25) is 0 Å². The largest absolute Gasteiger partial charge is 0.416 e. The first-order valence-corrected chi connectivity index (χ1v) is 7.43. The standard InChI is InChI=1S/C16H23F3N2O/c1-11(2)6-4-7-12(3)20-15(22)21-14-9-5-8-13(10-14)16(17,18)19/h5,8-12H,4,6-7H2,1-3H3,(H2,20,21,22)/t12-/m1/s1. The van der Waals surface area contributed by atoms with Crippen LogP contribution in [0, 0.1) is 5.92 Å². The molecule has 0 spiro atoms. The Bertz CT molecular complexity index is 487. The summed E-state index contributed by atoms with van der Waals surface area (Å²) in [6, 6.07) is 4.07. The zero-order valence-corrected chi connectivity index (χ0v) is 13.1.